The maximum absolute atomic E-state index is 12.4. The molecule has 0 radical (unpaired) electrons. The molecule has 2 atom stereocenters. The van der Waals surface area contributed by atoms with Crippen LogP contribution in [-0.2, 0) is 0 Å². The third-order valence-corrected chi connectivity index (χ3v) is 5.11. The average molecular weight is 380 g/mol. The number of fused-ring (bicyclic) bond motifs is 3. The van der Waals surface area contributed by atoms with Crippen LogP contribution in [0.25, 0.3) is 16.7 Å². The summed E-state index contributed by atoms with van der Waals surface area (Å²) < 4.78 is 39.2. The molecule has 3 aromatic heterocycles. The van der Waals surface area contributed by atoms with Crippen LogP contribution >= 0.6 is 0 Å². The molecule has 10 heteroatoms. The number of urea groups is 1. The highest BCUT2D eigenvalue weighted by atomic mass is 19.4. The highest BCUT2D eigenvalue weighted by Crippen LogP contribution is 2.35. The summed E-state index contributed by atoms with van der Waals surface area (Å²) >= 11 is 0. The molecule has 4 heterocycles. The number of nitrogens with one attached hydrogen (secondary N) is 2. The predicted octanol–water partition coefficient (Wildman–Crippen LogP) is 2.91. The number of aromatic amines is 1. The van der Waals surface area contributed by atoms with Crippen molar-refractivity contribution in [2.45, 2.75) is 25.4 Å². The van der Waals surface area contributed by atoms with Gasteiger partial charge in [-0.05, 0) is 12.0 Å². The molecule has 7 nitrogen and oxygen atoms in total. The summed E-state index contributed by atoms with van der Waals surface area (Å²) in [6, 6.07) is 1.21. The van der Waals surface area contributed by atoms with Gasteiger partial charge in [-0.25, -0.2) is 14.8 Å². The second-order valence-corrected chi connectivity index (χ2v) is 6.80. The van der Waals surface area contributed by atoms with Gasteiger partial charge in [-0.3, -0.25) is 4.40 Å². The maximum atomic E-state index is 12.4. The van der Waals surface area contributed by atoms with Crippen molar-refractivity contribution in [2.75, 3.05) is 19.6 Å². The van der Waals surface area contributed by atoms with E-state index in [1.54, 1.807) is 18.6 Å². The molecule has 1 saturated heterocycles. The lowest BCUT2D eigenvalue weighted by atomic mass is 9.93. The maximum Gasteiger partial charge on any atom is 0.405 e. The molecule has 1 aliphatic rings. The third-order valence-electron chi connectivity index (χ3n) is 5.11. The predicted molar refractivity (Wildman–Crippen MR) is 92.4 cm³/mol. The fourth-order valence-corrected chi connectivity index (χ4v) is 3.79. The minimum atomic E-state index is -4.43. The number of imidazole rings is 1. The lowest BCUT2D eigenvalue weighted by Gasteiger charge is -2.18. The fourth-order valence-electron chi connectivity index (χ4n) is 3.79. The molecule has 2 N–H and O–H groups in total. The Labute approximate surface area is 152 Å². The van der Waals surface area contributed by atoms with E-state index >= 15 is 0 Å². The zero-order chi connectivity index (χ0) is 19.2. The number of likely N-dealkylation sites (tertiary alicyclic amines) is 1. The average Bonchev–Trinajstić information content (AvgIpc) is 3.33. The quantitative estimate of drug-likeness (QED) is 0.733. The molecule has 144 valence electrons. The van der Waals surface area contributed by atoms with Gasteiger partial charge in [-0.2, -0.15) is 13.2 Å². The molecule has 4 rings (SSSR count). The van der Waals surface area contributed by atoms with Gasteiger partial charge in [-0.1, -0.05) is 13.3 Å². The SMILES string of the molecule is CC[C@H]1CN(C(=O)NCC(F)(F)F)C[C@H]1c1ncc2cnc3[nH]ccc3n12. The lowest BCUT2D eigenvalue weighted by Crippen LogP contribution is -2.42. The molecule has 0 saturated carbocycles. The number of carbonyl (C=O) groups is 1. The van der Waals surface area contributed by atoms with Crippen molar-refractivity contribution in [3.63, 3.8) is 0 Å². The van der Waals surface area contributed by atoms with E-state index in [0.717, 1.165) is 28.9 Å². The summed E-state index contributed by atoms with van der Waals surface area (Å²) in [6.07, 6.45) is 1.62. The smallest absolute Gasteiger partial charge is 0.345 e. The first kappa shape index (κ1) is 17.6. The van der Waals surface area contributed by atoms with Gasteiger partial charge in [0.05, 0.1) is 23.4 Å². The molecule has 2 amide bonds. The molecule has 0 aromatic carbocycles. The Morgan fingerprint density at radius 1 is 1.33 bits per heavy atom. The highest BCUT2D eigenvalue weighted by Gasteiger charge is 2.38. The van der Waals surface area contributed by atoms with Gasteiger partial charge in [0, 0.05) is 25.2 Å². The molecule has 0 unspecified atom stereocenters. The van der Waals surface area contributed by atoms with Crippen LogP contribution in [0, 0.1) is 5.92 Å². The van der Waals surface area contributed by atoms with Crippen LogP contribution in [0.15, 0.2) is 24.7 Å². The minimum Gasteiger partial charge on any atom is -0.345 e. The van der Waals surface area contributed by atoms with E-state index in [0.29, 0.717) is 13.1 Å². The van der Waals surface area contributed by atoms with Gasteiger partial charge >= 0.3 is 12.2 Å². The van der Waals surface area contributed by atoms with E-state index in [9.17, 15) is 18.0 Å². The van der Waals surface area contributed by atoms with Crippen LogP contribution in [0.2, 0.25) is 0 Å². The van der Waals surface area contributed by atoms with Crippen LogP contribution < -0.4 is 5.32 Å². The summed E-state index contributed by atoms with van der Waals surface area (Å²) in [7, 11) is 0. The van der Waals surface area contributed by atoms with Gasteiger partial charge in [0.15, 0.2) is 5.65 Å². The number of hydrogen-bond acceptors (Lipinski definition) is 3. The van der Waals surface area contributed by atoms with E-state index in [1.165, 1.54) is 4.90 Å². The molecular formula is C17H19F3N6O. The molecule has 1 aliphatic heterocycles. The van der Waals surface area contributed by atoms with E-state index in [2.05, 4.69) is 15.0 Å². The van der Waals surface area contributed by atoms with Crippen LogP contribution in [0.1, 0.15) is 25.1 Å². The normalized spacial score (nSPS) is 20.7. The van der Waals surface area contributed by atoms with Crippen molar-refractivity contribution < 1.29 is 18.0 Å². The van der Waals surface area contributed by atoms with Gasteiger partial charge in [0.2, 0.25) is 0 Å². The Hall–Kier alpha value is -2.78. The molecule has 0 spiro atoms. The number of carbonyl (C=O) groups excluding carboxylic acids is 1. The van der Waals surface area contributed by atoms with Crippen LogP contribution in [-0.4, -0.2) is 56.1 Å². The summed E-state index contributed by atoms with van der Waals surface area (Å²) in [5, 5.41) is 1.96. The second kappa shape index (κ2) is 6.43. The lowest BCUT2D eigenvalue weighted by molar-refractivity contribution is -0.123. The number of aromatic nitrogens is 4. The van der Waals surface area contributed by atoms with Crippen LogP contribution in [0.4, 0.5) is 18.0 Å². The fraction of sp³-hybridized carbons (Fsp3) is 0.471. The Balaban J connectivity index is 1.63. The standard InChI is InChI=1S/C17H19F3N6O/c1-2-10-7-25(16(27)24-9-17(18,19)20)8-12(10)15-23-6-11-5-22-14-13(26(11)15)3-4-21-14/h3-6,10,12,21H,2,7-9H2,1H3,(H,24,27)/t10-,12+/m0/s1. The Kier molecular flexibility index (Phi) is 4.20. The van der Waals surface area contributed by atoms with E-state index < -0.39 is 18.8 Å². The molecule has 0 bridgehead atoms. The van der Waals surface area contributed by atoms with Gasteiger partial charge < -0.3 is 15.2 Å². The first-order valence-corrected chi connectivity index (χ1v) is 8.76. The highest BCUT2D eigenvalue weighted by molar-refractivity contribution is 5.76. The van der Waals surface area contributed by atoms with Crippen LogP contribution in [0.5, 0.6) is 0 Å². The van der Waals surface area contributed by atoms with E-state index in [4.69, 9.17) is 0 Å². The Morgan fingerprint density at radius 2 is 2.11 bits per heavy atom. The molecule has 0 aliphatic carbocycles. The van der Waals surface area contributed by atoms with Crippen LogP contribution in [0.3, 0.4) is 0 Å². The van der Waals surface area contributed by atoms with Crippen molar-refractivity contribution in [3.05, 3.63) is 30.5 Å². The molecule has 3 aromatic rings. The summed E-state index contributed by atoms with van der Waals surface area (Å²) in [5.74, 6) is 0.860. The first-order valence-electron chi connectivity index (χ1n) is 8.76. The summed E-state index contributed by atoms with van der Waals surface area (Å²) in [5.41, 5.74) is 2.45. The number of H-pyrrole nitrogens is 1. The van der Waals surface area contributed by atoms with Crippen molar-refractivity contribution >= 4 is 22.7 Å². The first-order chi connectivity index (χ1) is 12.9. The number of alkyl halides is 3. The van der Waals surface area contributed by atoms with Gasteiger partial charge in [-0.15, -0.1) is 0 Å². The van der Waals surface area contributed by atoms with E-state index in [-0.39, 0.29) is 11.8 Å². The Morgan fingerprint density at radius 3 is 2.85 bits per heavy atom. The second-order valence-electron chi connectivity index (χ2n) is 6.80. The Bertz CT molecular complexity index is 978. The van der Waals surface area contributed by atoms with Crippen molar-refractivity contribution in [1.82, 2.24) is 29.6 Å². The summed E-state index contributed by atoms with van der Waals surface area (Å²) in [4.78, 5) is 25.6. The number of amides is 2. The van der Waals surface area contributed by atoms with Crippen molar-refractivity contribution in [3.8, 4) is 0 Å². The number of halogens is 3. The number of hydrogen-bond donors (Lipinski definition) is 2. The third kappa shape index (κ3) is 3.19. The van der Waals surface area contributed by atoms with Crippen molar-refractivity contribution in [1.29, 1.82) is 0 Å². The molecular weight excluding hydrogens is 361 g/mol. The molecule has 27 heavy (non-hydrogen) atoms. The topological polar surface area (TPSA) is 78.3 Å². The van der Waals surface area contributed by atoms with Gasteiger partial charge in [0.25, 0.3) is 0 Å². The largest absolute Gasteiger partial charge is 0.405 e. The zero-order valence-corrected chi connectivity index (χ0v) is 14.6. The molecule has 1 fully saturated rings. The summed E-state index contributed by atoms with van der Waals surface area (Å²) in [6.45, 7) is 1.42. The van der Waals surface area contributed by atoms with E-state index in [1.807, 2.05) is 22.7 Å². The van der Waals surface area contributed by atoms with Gasteiger partial charge in [0.1, 0.15) is 12.4 Å². The minimum absolute atomic E-state index is 0.0605. The van der Waals surface area contributed by atoms with Crippen molar-refractivity contribution in [2.24, 2.45) is 5.92 Å². The number of rotatable bonds is 3. The zero-order valence-electron chi connectivity index (χ0n) is 14.6. The number of nitrogens with zero attached hydrogens (tertiary/aromatic N) is 4. The monoisotopic (exact) mass is 380 g/mol.